The van der Waals surface area contributed by atoms with Gasteiger partial charge in [0.05, 0.1) is 12.1 Å². The number of aromatic carboxylic acids is 1. The summed E-state index contributed by atoms with van der Waals surface area (Å²) in [6.45, 7) is 6.07. The van der Waals surface area contributed by atoms with E-state index in [2.05, 4.69) is 70.6 Å². The second kappa shape index (κ2) is 13.3. The molecule has 0 spiro atoms. The molecule has 0 bridgehead atoms. The summed E-state index contributed by atoms with van der Waals surface area (Å²) in [5.41, 5.74) is 4.56. The van der Waals surface area contributed by atoms with E-state index < -0.39 is 18.1 Å². The number of aryl methyl sites for hydroxylation is 1. The van der Waals surface area contributed by atoms with Gasteiger partial charge in [-0.25, -0.2) is 14.6 Å². The number of hydrogen-bond donors (Lipinski definition) is 3. The third-order valence-electron chi connectivity index (χ3n) is 5.84. The molecule has 4 rings (SSSR count). The lowest BCUT2D eigenvalue weighted by Gasteiger charge is -2.37. The number of aliphatic carboxylic acids is 1. The van der Waals surface area contributed by atoms with Crippen LogP contribution in [0.3, 0.4) is 0 Å². The van der Waals surface area contributed by atoms with Gasteiger partial charge in [0.1, 0.15) is 0 Å². The van der Waals surface area contributed by atoms with E-state index in [0.29, 0.717) is 6.54 Å². The molecule has 0 aromatic heterocycles. The smallest absolute Gasteiger partial charge is 0.478 e. The Hall–Kier alpha value is -4.54. The number of hydrogen-bond acceptors (Lipinski definition) is 4. The zero-order valence-electron chi connectivity index (χ0n) is 21.2. The first-order valence-electron chi connectivity index (χ1n) is 12.1. The van der Waals surface area contributed by atoms with E-state index in [1.807, 2.05) is 12.1 Å². The van der Waals surface area contributed by atoms with Crippen molar-refractivity contribution in [3.05, 3.63) is 95.6 Å². The highest BCUT2D eigenvalue weighted by atomic mass is 19.4. The molecule has 0 saturated carbocycles. The molecule has 3 N–H and O–H groups in total. The zero-order chi connectivity index (χ0) is 28.4. The Bertz CT molecular complexity index is 1270. The SMILES string of the molecule is Cc1ccc(CN=C(Nc2cccc(C(=O)O)c2)N2CCN(c3ccccc3)CC2)cc1.O=C(O)C(F)(F)F. The van der Waals surface area contributed by atoms with Crippen molar-refractivity contribution >= 4 is 29.3 Å². The number of carboxylic acid groups (broad SMARTS) is 2. The predicted molar refractivity (Wildman–Crippen MR) is 143 cm³/mol. The third kappa shape index (κ3) is 9.06. The molecule has 0 radical (unpaired) electrons. The summed E-state index contributed by atoms with van der Waals surface area (Å²) in [5, 5.41) is 19.8. The lowest BCUT2D eigenvalue weighted by atomic mass is 10.1. The van der Waals surface area contributed by atoms with Crippen LogP contribution in [0.2, 0.25) is 0 Å². The lowest BCUT2D eigenvalue weighted by molar-refractivity contribution is -0.192. The highest BCUT2D eigenvalue weighted by Crippen LogP contribution is 2.18. The van der Waals surface area contributed by atoms with Crippen molar-refractivity contribution in [3.8, 4) is 0 Å². The maximum Gasteiger partial charge on any atom is 0.490 e. The molecule has 1 heterocycles. The fourth-order valence-electron chi connectivity index (χ4n) is 3.75. The van der Waals surface area contributed by atoms with Gasteiger partial charge in [-0.1, -0.05) is 54.1 Å². The van der Waals surface area contributed by atoms with Crippen LogP contribution in [0.5, 0.6) is 0 Å². The first-order chi connectivity index (χ1) is 18.5. The van der Waals surface area contributed by atoms with Crippen LogP contribution < -0.4 is 10.2 Å². The third-order valence-corrected chi connectivity index (χ3v) is 5.84. The summed E-state index contributed by atoms with van der Waals surface area (Å²) < 4.78 is 31.7. The summed E-state index contributed by atoms with van der Waals surface area (Å²) in [6.07, 6.45) is -5.08. The summed E-state index contributed by atoms with van der Waals surface area (Å²) in [6, 6.07) is 25.6. The lowest BCUT2D eigenvalue weighted by Crippen LogP contribution is -2.50. The number of nitrogens with zero attached hydrogens (tertiary/aromatic N) is 3. The van der Waals surface area contributed by atoms with Crippen LogP contribution in [0.25, 0.3) is 0 Å². The van der Waals surface area contributed by atoms with E-state index >= 15 is 0 Å². The largest absolute Gasteiger partial charge is 0.490 e. The Morgan fingerprint density at radius 1 is 0.897 bits per heavy atom. The number of piperazine rings is 1. The average Bonchev–Trinajstić information content (AvgIpc) is 2.92. The van der Waals surface area contributed by atoms with Crippen molar-refractivity contribution in [2.75, 3.05) is 36.4 Å². The Balaban J connectivity index is 0.000000532. The first-order valence-corrected chi connectivity index (χ1v) is 12.1. The Labute approximate surface area is 224 Å². The highest BCUT2D eigenvalue weighted by Gasteiger charge is 2.38. The molecule has 0 amide bonds. The van der Waals surface area contributed by atoms with Crippen molar-refractivity contribution < 1.29 is 33.0 Å². The number of nitrogens with one attached hydrogen (secondary N) is 1. The van der Waals surface area contributed by atoms with E-state index in [-0.39, 0.29) is 5.56 Å². The number of carboxylic acids is 2. The molecule has 3 aromatic carbocycles. The van der Waals surface area contributed by atoms with Crippen LogP contribution in [0, 0.1) is 6.92 Å². The first kappa shape index (κ1) is 29.0. The average molecular weight is 543 g/mol. The fourth-order valence-corrected chi connectivity index (χ4v) is 3.75. The standard InChI is InChI=1S/C26H28N4O2.C2HF3O2/c1-20-10-12-21(13-11-20)19-27-26(28-23-7-5-6-22(18-23)25(31)32)30-16-14-29(15-17-30)24-8-3-2-4-9-24;3-2(4,5)1(6)7/h2-13,18H,14-17,19H2,1H3,(H,27,28)(H,31,32);(H,6,7). The van der Waals surface area contributed by atoms with E-state index in [4.69, 9.17) is 14.9 Å². The van der Waals surface area contributed by atoms with Crippen LogP contribution >= 0.6 is 0 Å². The van der Waals surface area contributed by atoms with Gasteiger partial charge in [0.25, 0.3) is 0 Å². The van der Waals surface area contributed by atoms with Gasteiger partial charge in [-0.05, 0) is 42.8 Å². The number of aliphatic imine (C=N–C) groups is 1. The van der Waals surface area contributed by atoms with Gasteiger partial charge >= 0.3 is 18.1 Å². The van der Waals surface area contributed by atoms with Gasteiger partial charge in [0.2, 0.25) is 0 Å². The van der Waals surface area contributed by atoms with Gasteiger partial charge in [-0.3, -0.25) is 0 Å². The minimum absolute atomic E-state index is 0.252. The number of alkyl halides is 3. The number of rotatable bonds is 5. The van der Waals surface area contributed by atoms with Crippen LogP contribution in [-0.2, 0) is 11.3 Å². The number of carbonyl (C=O) groups is 2. The van der Waals surface area contributed by atoms with E-state index in [1.165, 1.54) is 11.3 Å². The molecule has 0 atom stereocenters. The molecule has 3 aromatic rings. The van der Waals surface area contributed by atoms with E-state index in [1.54, 1.807) is 18.2 Å². The zero-order valence-corrected chi connectivity index (χ0v) is 21.2. The molecule has 39 heavy (non-hydrogen) atoms. The van der Waals surface area contributed by atoms with Crippen LogP contribution in [0.15, 0.2) is 83.9 Å². The number of guanidine groups is 1. The molecule has 1 aliphatic rings. The molecule has 0 unspecified atom stereocenters. The summed E-state index contributed by atoms with van der Waals surface area (Å²) in [4.78, 5) is 29.8. The second-order valence-corrected chi connectivity index (χ2v) is 8.75. The fraction of sp³-hybridized carbons (Fsp3) is 0.250. The molecular weight excluding hydrogens is 513 g/mol. The van der Waals surface area contributed by atoms with Gasteiger partial charge in [0, 0.05) is 37.6 Å². The Morgan fingerprint density at radius 2 is 1.51 bits per heavy atom. The van der Waals surface area contributed by atoms with E-state index in [0.717, 1.165) is 43.4 Å². The van der Waals surface area contributed by atoms with Crippen molar-refractivity contribution in [2.24, 2.45) is 4.99 Å². The van der Waals surface area contributed by atoms with Gasteiger partial charge < -0.3 is 25.3 Å². The van der Waals surface area contributed by atoms with Crippen molar-refractivity contribution in [3.63, 3.8) is 0 Å². The van der Waals surface area contributed by atoms with Crippen molar-refractivity contribution in [1.82, 2.24) is 4.90 Å². The number of anilines is 2. The second-order valence-electron chi connectivity index (χ2n) is 8.75. The normalized spacial score (nSPS) is 13.8. The summed E-state index contributed by atoms with van der Waals surface area (Å²) in [7, 11) is 0. The minimum atomic E-state index is -5.08. The molecule has 1 fully saturated rings. The molecule has 1 saturated heterocycles. The Morgan fingerprint density at radius 3 is 2.08 bits per heavy atom. The monoisotopic (exact) mass is 542 g/mol. The Kier molecular flexibility index (Phi) is 9.91. The van der Waals surface area contributed by atoms with Crippen molar-refractivity contribution in [1.29, 1.82) is 0 Å². The number of benzene rings is 3. The minimum Gasteiger partial charge on any atom is -0.478 e. The number of halogens is 3. The predicted octanol–water partition coefficient (Wildman–Crippen LogP) is 5.12. The molecule has 8 nitrogen and oxygen atoms in total. The van der Waals surface area contributed by atoms with E-state index in [9.17, 15) is 23.1 Å². The van der Waals surface area contributed by atoms with Gasteiger partial charge in [-0.2, -0.15) is 13.2 Å². The van der Waals surface area contributed by atoms with Gasteiger partial charge in [0.15, 0.2) is 5.96 Å². The summed E-state index contributed by atoms with van der Waals surface area (Å²) >= 11 is 0. The molecule has 0 aliphatic carbocycles. The molecule has 206 valence electrons. The van der Waals surface area contributed by atoms with Crippen LogP contribution in [0.4, 0.5) is 24.5 Å². The molecule has 1 aliphatic heterocycles. The summed E-state index contributed by atoms with van der Waals surface area (Å²) in [5.74, 6) is -2.93. The highest BCUT2D eigenvalue weighted by molar-refractivity contribution is 5.96. The van der Waals surface area contributed by atoms with Crippen LogP contribution in [0.1, 0.15) is 21.5 Å². The molecular formula is C28H29F3N4O4. The van der Waals surface area contributed by atoms with Gasteiger partial charge in [-0.15, -0.1) is 0 Å². The maximum atomic E-state index is 11.4. The maximum absolute atomic E-state index is 11.4. The van der Waals surface area contributed by atoms with Crippen molar-refractivity contribution in [2.45, 2.75) is 19.6 Å². The quantitative estimate of drug-likeness (QED) is 0.304. The number of para-hydroxylation sites is 1. The molecule has 11 heteroatoms. The topological polar surface area (TPSA) is 105 Å². The van der Waals surface area contributed by atoms with Crippen LogP contribution in [-0.4, -0.2) is 65.4 Å².